The van der Waals surface area contributed by atoms with Crippen molar-refractivity contribution in [3.8, 4) is 5.75 Å². The first kappa shape index (κ1) is 11.6. The molecule has 2 rings (SSSR count). The Morgan fingerprint density at radius 3 is 2.72 bits per heavy atom. The third-order valence-corrected chi connectivity index (χ3v) is 2.35. The van der Waals surface area contributed by atoms with Crippen LogP contribution < -0.4 is 16.9 Å². The van der Waals surface area contributed by atoms with Crippen LogP contribution in [-0.4, -0.2) is 22.0 Å². The fraction of sp³-hybridized carbons (Fsp3) is 0. The predicted octanol–water partition coefficient (Wildman–Crippen LogP) is -0.353. The largest absolute Gasteiger partial charge is 0.506 e. The van der Waals surface area contributed by atoms with Crippen molar-refractivity contribution in [3.63, 3.8) is 0 Å². The second-order valence-electron chi connectivity index (χ2n) is 3.57. The van der Waals surface area contributed by atoms with Gasteiger partial charge in [-0.2, -0.15) is 4.99 Å². The fourth-order valence-electron chi connectivity index (χ4n) is 1.57. The Morgan fingerprint density at radius 1 is 1.33 bits per heavy atom. The summed E-state index contributed by atoms with van der Waals surface area (Å²) in [7, 11) is 0. The monoisotopic (exact) mass is 246 g/mol. The number of para-hydroxylation sites is 1. The van der Waals surface area contributed by atoms with Gasteiger partial charge in [-0.05, 0) is 12.1 Å². The minimum Gasteiger partial charge on any atom is -0.506 e. The molecule has 1 aromatic heterocycles. The summed E-state index contributed by atoms with van der Waals surface area (Å²) in [6.45, 7) is 0. The van der Waals surface area contributed by atoms with Crippen LogP contribution in [0.15, 0.2) is 34.2 Å². The van der Waals surface area contributed by atoms with Crippen LogP contribution in [0.3, 0.4) is 0 Å². The Kier molecular flexibility index (Phi) is 2.72. The lowest BCUT2D eigenvalue weighted by molar-refractivity contribution is 0.100. The van der Waals surface area contributed by atoms with E-state index in [0.717, 1.165) is 0 Å². The summed E-state index contributed by atoms with van der Waals surface area (Å²) in [4.78, 5) is 29.5. The molecule has 0 unspecified atom stereocenters. The maximum absolute atomic E-state index is 12.0. The summed E-state index contributed by atoms with van der Waals surface area (Å²) >= 11 is 0. The molecule has 7 heteroatoms. The number of benzene rings is 1. The number of amides is 1. The number of carbonyl (C=O) groups excluding carboxylic acids is 1. The van der Waals surface area contributed by atoms with E-state index < -0.39 is 17.3 Å². The molecule has 6 N–H and O–H groups in total. The number of aromatic nitrogens is 1. The molecule has 2 aromatic rings. The number of aromatic amines is 1. The highest BCUT2D eigenvalue weighted by Crippen LogP contribution is 2.19. The van der Waals surface area contributed by atoms with Gasteiger partial charge in [0.25, 0.3) is 5.91 Å². The van der Waals surface area contributed by atoms with Gasteiger partial charge in [0.05, 0.1) is 10.9 Å². The van der Waals surface area contributed by atoms with Gasteiger partial charge in [0.2, 0.25) is 5.43 Å². The van der Waals surface area contributed by atoms with E-state index in [1.165, 1.54) is 24.4 Å². The average molecular weight is 246 g/mol. The number of carbonyl (C=O) groups is 1. The van der Waals surface area contributed by atoms with E-state index in [4.69, 9.17) is 11.5 Å². The van der Waals surface area contributed by atoms with Gasteiger partial charge in [-0.1, -0.05) is 6.07 Å². The van der Waals surface area contributed by atoms with Crippen molar-refractivity contribution in [2.24, 2.45) is 16.5 Å². The molecule has 92 valence electrons. The fourth-order valence-corrected chi connectivity index (χ4v) is 1.57. The van der Waals surface area contributed by atoms with Gasteiger partial charge in [-0.15, -0.1) is 0 Å². The van der Waals surface area contributed by atoms with Crippen LogP contribution in [0.1, 0.15) is 10.4 Å². The first-order valence-electron chi connectivity index (χ1n) is 4.98. The van der Waals surface area contributed by atoms with Gasteiger partial charge in [0.15, 0.2) is 5.96 Å². The highest BCUT2D eigenvalue weighted by Gasteiger charge is 2.13. The topological polar surface area (TPSA) is 135 Å². The lowest BCUT2D eigenvalue weighted by atomic mass is 10.1. The molecule has 0 bridgehead atoms. The van der Waals surface area contributed by atoms with Crippen LogP contribution in [-0.2, 0) is 0 Å². The molecule has 1 aromatic carbocycles. The van der Waals surface area contributed by atoms with Crippen molar-refractivity contribution in [2.45, 2.75) is 0 Å². The van der Waals surface area contributed by atoms with Crippen molar-refractivity contribution in [3.05, 3.63) is 40.2 Å². The minimum absolute atomic E-state index is 0.0783. The summed E-state index contributed by atoms with van der Waals surface area (Å²) in [6.07, 6.45) is 1.17. The quantitative estimate of drug-likeness (QED) is 0.403. The van der Waals surface area contributed by atoms with Gasteiger partial charge in [-0.25, -0.2) is 0 Å². The minimum atomic E-state index is -0.832. The third-order valence-electron chi connectivity index (χ3n) is 2.35. The van der Waals surface area contributed by atoms with E-state index in [1.807, 2.05) is 0 Å². The van der Waals surface area contributed by atoms with E-state index in [9.17, 15) is 14.7 Å². The maximum atomic E-state index is 12.0. The van der Waals surface area contributed by atoms with Crippen molar-refractivity contribution < 1.29 is 9.90 Å². The number of nitrogens with two attached hydrogens (primary N) is 2. The van der Waals surface area contributed by atoms with Crippen LogP contribution in [0.25, 0.3) is 10.9 Å². The number of nitrogens with zero attached hydrogens (tertiary/aromatic N) is 1. The first-order valence-corrected chi connectivity index (χ1v) is 4.98. The van der Waals surface area contributed by atoms with E-state index in [2.05, 4.69) is 9.98 Å². The van der Waals surface area contributed by atoms with E-state index in [0.29, 0.717) is 0 Å². The van der Waals surface area contributed by atoms with Crippen LogP contribution in [0, 0.1) is 0 Å². The zero-order valence-corrected chi connectivity index (χ0v) is 9.18. The number of aliphatic imine (C=N–C) groups is 1. The SMILES string of the molecule is NC(N)=NC(=O)c1c[nH]c2c(O)cccc2c1=O. The Hall–Kier alpha value is -2.83. The van der Waals surface area contributed by atoms with Gasteiger partial charge in [-0.3, -0.25) is 9.59 Å². The molecule has 1 amide bonds. The van der Waals surface area contributed by atoms with Crippen molar-refractivity contribution in [1.29, 1.82) is 0 Å². The van der Waals surface area contributed by atoms with Gasteiger partial charge in [0, 0.05) is 6.20 Å². The van der Waals surface area contributed by atoms with Crippen LogP contribution >= 0.6 is 0 Å². The van der Waals surface area contributed by atoms with Crippen LogP contribution in [0.2, 0.25) is 0 Å². The van der Waals surface area contributed by atoms with Crippen LogP contribution in [0.4, 0.5) is 0 Å². The lowest BCUT2D eigenvalue weighted by Crippen LogP contribution is -2.25. The molecule has 0 saturated heterocycles. The Bertz CT molecular complexity index is 714. The summed E-state index contributed by atoms with van der Waals surface area (Å²) in [5, 5.41) is 9.73. The molecule has 1 heterocycles. The Morgan fingerprint density at radius 2 is 2.06 bits per heavy atom. The zero-order chi connectivity index (χ0) is 13.3. The number of nitrogens with one attached hydrogen (secondary N) is 1. The maximum Gasteiger partial charge on any atom is 0.285 e. The molecule has 0 atom stereocenters. The average Bonchev–Trinajstić information content (AvgIpc) is 2.29. The number of phenolic OH excluding ortho intramolecular Hbond substituents is 1. The van der Waals surface area contributed by atoms with E-state index in [-0.39, 0.29) is 22.2 Å². The number of H-pyrrole nitrogens is 1. The second kappa shape index (κ2) is 4.21. The number of aromatic hydroxyl groups is 1. The summed E-state index contributed by atoms with van der Waals surface area (Å²) < 4.78 is 0. The number of phenols is 1. The molecule has 0 aliphatic carbocycles. The van der Waals surface area contributed by atoms with E-state index >= 15 is 0 Å². The number of hydrogen-bond acceptors (Lipinski definition) is 3. The number of pyridine rings is 1. The number of rotatable bonds is 1. The molecule has 0 spiro atoms. The van der Waals surface area contributed by atoms with Gasteiger partial charge >= 0.3 is 0 Å². The van der Waals surface area contributed by atoms with Gasteiger partial charge in [0.1, 0.15) is 11.3 Å². The predicted molar refractivity (Wildman–Crippen MR) is 66.4 cm³/mol. The molecule has 0 radical (unpaired) electrons. The Labute approximate surface area is 101 Å². The molecule has 18 heavy (non-hydrogen) atoms. The molecule has 0 saturated carbocycles. The lowest BCUT2D eigenvalue weighted by Gasteiger charge is -2.02. The number of guanidine groups is 1. The van der Waals surface area contributed by atoms with Crippen molar-refractivity contribution in [2.75, 3.05) is 0 Å². The molecule has 0 aliphatic rings. The van der Waals surface area contributed by atoms with Crippen LogP contribution in [0.5, 0.6) is 5.75 Å². The molecular formula is C11H10N4O3. The molecular weight excluding hydrogens is 236 g/mol. The highest BCUT2D eigenvalue weighted by atomic mass is 16.3. The summed E-state index contributed by atoms with van der Waals surface area (Å²) in [5.41, 5.74) is 9.66. The number of fused-ring (bicyclic) bond motifs is 1. The molecule has 0 aliphatic heterocycles. The standard InChI is InChI=1S/C11H10N4O3/c12-11(13)15-10(18)6-4-14-8-5(9(6)17)2-1-3-7(8)16/h1-4,16H,(H,14,17)(H4,12,13,15,18). The van der Waals surface area contributed by atoms with E-state index in [1.54, 1.807) is 0 Å². The molecule has 7 nitrogen and oxygen atoms in total. The second-order valence-corrected chi connectivity index (χ2v) is 3.57. The zero-order valence-electron chi connectivity index (χ0n) is 9.18. The smallest absolute Gasteiger partial charge is 0.285 e. The summed E-state index contributed by atoms with van der Waals surface area (Å²) in [6, 6.07) is 4.41. The number of hydrogen-bond donors (Lipinski definition) is 4. The Balaban J connectivity index is 2.70. The normalized spacial score (nSPS) is 10.2. The first-order chi connectivity index (χ1) is 8.50. The highest BCUT2D eigenvalue weighted by molar-refractivity contribution is 6.03. The van der Waals surface area contributed by atoms with Crippen molar-refractivity contribution in [1.82, 2.24) is 4.98 Å². The summed E-state index contributed by atoms with van der Waals surface area (Å²) in [5.74, 6) is -1.33. The van der Waals surface area contributed by atoms with Gasteiger partial charge < -0.3 is 21.6 Å². The molecule has 0 fully saturated rings. The third kappa shape index (κ3) is 1.88. The van der Waals surface area contributed by atoms with Crippen molar-refractivity contribution >= 4 is 22.8 Å².